The summed E-state index contributed by atoms with van der Waals surface area (Å²) in [5.74, 6) is 0.758. The summed E-state index contributed by atoms with van der Waals surface area (Å²) in [5.41, 5.74) is 0. The Morgan fingerprint density at radius 1 is 1.55 bits per heavy atom. The molecule has 3 N–H and O–H groups in total. The van der Waals surface area contributed by atoms with Crippen molar-refractivity contribution in [2.45, 2.75) is 43.1 Å². The average Bonchev–Trinajstić information content (AvgIpc) is 2.97. The number of thiophene rings is 1. The van der Waals surface area contributed by atoms with Gasteiger partial charge in [-0.15, -0.1) is 11.3 Å². The number of rotatable bonds is 5. The molecule has 0 bridgehead atoms. The SMILES string of the molecule is CN=C(NCC(O)c1ccc(Cl)s1)NC1CCCC(SC)C1. The first-order valence-corrected chi connectivity index (χ1v) is 10.0. The fourth-order valence-electron chi connectivity index (χ4n) is 2.68. The predicted molar refractivity (Wildman–Crippen MR) is 98.3 cm³/mol. The van der Waals surface area contributed by atoms with Crippen molar-refractivity contribution in [3.05, 3.63) is 21.3 Å². The second-order valence-electron chi connectivity index (χ2n) is 5.48. The number of nitrogens with zero attached hydrogens (tertiary/aromatic N) is 1. The van der Waals surface area contributed by atoms with Crippen LogP contribution in [0.3, 0.4) is 0 Å². The highest BCUT2D eigenvalue weighted by molar-refractivity contribution is 7.99. The van der Waals surface area contributed by atoms with E-state index in [1.165, 1.54) is 37.0 Å². The van der Waals surface area contributed by atoms with E-state index in [0.717, 1.165) is 16.1 Å². The maximum atomic E-state index is 10.2. The molecule has 124 valence electrons. The molecular formula is C15H24ClN3OS2. The lowest BCUT2D eigenvalue weighted by molar-refractivity contribution is 0.184. The average molecular weight is 362 g/mol. The minimum atomic E-state index is -0.568. The van der Waals surface area contributed by atoms with E-state index in [1.807, 2.05) is 23.9 Å². The molecule has 1 aromatic heterocycles. The molecule has 1 fully saturated rings. The van der Waals surface area contributed by atoms with Gasteiger partial charge < -0.3 is 15.7 Å². The molecule has 1 saturated carbocycles. The third-order valence-electron chi connectivity index (χ3n) is 3.91. The van der Waals surface area contributed by atoms with Gasteiger partial charge in [0, 0.05) is 29.8 Å². The van der Waals surface area contributed by atoms with Gasteiger partial charge in [0.15, 0.2) is 5.96 Å². The quantitative estimate of drug-likeness (QED) is 0.556. The lowest BCUT2D eigenvalue weighted by Crippen LogP contribution is -2.46. The Balaban J connectivity index is 1.80. The zero-order valence-corrected chi connectivity index (χ0v) is 15.4. The highest BCUT2D eigenvalue weighted by Crippen LogP contribution is 2.27. The Bertz CT molecular complexity index is 495. The topological polar surface area (TPSA) is 56.7 Å². The van der Waals surface area contributed by atoms with Crippen molar-refractivity contribution in [1.82, 2.24) is 10.6 Å². The number of guanidine groups is 1. The number of aliphatic hydroxyl groups is 1. The standard InChI is InChI=1S/C15H24ClN3OS2/c1-17-15(19-10-4-3-5-11(8-10)21-2)18-9-12(20)13-6-7-14(16)22-13/h6-7,10-12,20H,3-5,8-9H2,1-2H3,(H2,17,18,19). The van der Waals surface area contributed by atoms with Gasteiger partial charge in [-0.1, -0.05) is 18.0 Å². The fraction of sp³-hybridized carbons (Fsp3) is 0.667. The summed E-state index contributed by atoms with van der Waals surface area (Å²) in [6.45, 7) is 0.426. The van der Waals surface area contributed by atoms with E-state index in [0.29, 0.717) is 16.9 Å². The number of hydrogen-bond acceptors (Lipinski definition) is 4. The molecule has 0 amide bonds. The molecule has 0 saturated heterocycles. The van der Waals surface area contributed by atoms with Crippen LogP contribution in [0.1, 0.15) is 36.7 Å². The number of aliphatic hydroxyl groups excluding tert-OH is 1. The maximum Gasteiger partial charge on any atom is 0.191 e. The third-order valence-corrected chi connectivity index (χ3v) is 6.34. The molecule has 1 heterocycles. The van der Waals surface area contributed by atoms with Crippen molar-refractivity contribution >= 4 is 40.7 Å². The highest BCUT2D eigenvalue weighted by Gasteiger charge is 2.22. The summed E-state index contributed by atoms with van der Waals surface area (Å²) >= 11 is 9.26. The van der Waals surface area contributed by atoms with Crippen LogP contribution < -0.4 is 10.6 Å². The molecule has 0 radical (unpaired) electrons. The summed E-state index contributed by atoms with van der Waals surface area (Å²) in [6.07, 6.45) is 6.54. The van der Waals surface area contributed by atoms with Gasteiger partial charge in [-0.2, -0.15) is 11.8 Å². The van der Waals surface area contributed by atoms with E-state index in [-0.39, 0.29) is 0 Å². The van der Waals surface area contributed by atoms with Crippen molar-refractivity contribution < 1.29 is 5.11 Å². The van der Waals surface area contributed by atoms with E-state index in [4.69, 9.17) is 11.6 Å². The molecule has 0 aliphatic heterocycles. The largest absolute Gasteiger partial charge is 0.386 e. The number of halogens is 1. The van der Waals surface area contributed by atoms with E-state index >= 15 is 0 Å². The van der Waals surface area contributed by atoms with Crippen LogP contribution in [0.25, 0.3) is 0 Å². The molecule has 1 aliphatic carbocycles. The lowest BCUT2D eigenvalue weighted by atomic mass is 9.95. The van der Waals surface area contributed by atoms with Gasteiger partial charge in [0.1, 0.15) is 6.10 Å². The minimum Gasteiger partial charge on any atom is -0.386 e. The van der Waals surface area contributed by atoms with E-state index in [2.05, 4.69) is 21.9 Å². The molecule has 22 heavy (non-hydrogen) atoms. The van der Waals surface area contributed by atoms with Gasteiger partial charge in [-0.3, -0.25) is 4.99 Å². The first kappa shape index (κ1) is 17.9. The minimum absolute atomic E-state index is 0.426. The highest BCUT2D eigenvalue weighted by atomic mass is 35.5. The normalized spacial score (nSPS) is 24.1. The Labute approximate surface area is 145 Å². The first-order valence-electron chi connectivity index (χ1n) is 7.55. The number of aliphatic imine (C=N–C) groups is 1. The Kier molecular flexibility index (Phi) is 7.34. The van der Waals surface area contributed by atoms with Crippen molar-refractivity contribution in [1.29, 1.82) is 0 Å². The van der Waals surface area contributed by atoms with Gasteiger partial charge in [0.25, 0.3) is 0 Å². The molecule has 3 unspecified atom stereocenters. The molecule has 3 atom stereocenters. The van der Waals surface area contributed by atoms with E-state index in [9.17, 15) is 5.11 Å². The van der Waals surface area contributed by atoms with Crippen LogP contribution >= 0.6 is 34.7 Å². The monoisotopic (exact) mass is 361 g/mol. The van der Waals surface area contributed by atoms with Crippen molar-refractivity contribution in [2.75, 3.05) is 19.8 Å². The second kappa shape index (κ2) is 9.01. The van der Waals surface area contributed by atoms with E-state index < -0.39 is 6.10 Å². The Morgan fingerprint density at radius 2 is 2.36 bits per heavy atom. The van der Waals surface area contributed by atoms with Crippen LogP contribution in [0.15, 0.2) is 17.1 Å². The van der Waals surface area contributed by atoms with Crippen molar-refractivity contribution in [3.63, 3.8) is 0 Å². The summed E-state index contributed by atoms with van der Waals surface area (Å²) in [4.78, 5) is 5.13. The van der Waals surface area contributed by atoms with Gasteiger partial charge in [0.2, 0.25) is 0 Å². The number of hydrogen-bond donors (Lipinski definition) is 3. The summed E-state index contributed by atoms with van der Waals surface area (Å²) < 4.78 is 0.696. The number of nitrogens with one attached hydrogen (secondary N) is 2. The number of thioether (sulfide) groups is 1. The summed E-state index contributed by atoms with van der Waals surface area (Å²) in [6, 6.07) is 4.13. The van der Waals surface area contributed by atoms with Crippen LogP contribution in [0, 0.1) is 0 Å². The molecule has 7 heteroatoms. The fourth-order valence-corrected chi connectivity index (χ4v) is 4.55. The Hall–Kier alpha value is -0.430. The summed E-state index contributed by atoms with van der Waals surface area (Å²) in [7, 11) is 1.76. The predicted octanol–water partition coefficient (Wildman–Crippen LogP) is 3.27. The zero-order chi connectivity index (χ0) is 15.9. The smallest absolute Gasteiger partial charge is 0.191 e. The van der Waals surface area contributed by atoms with Crippen LogP contribution in [-0.2, 0) is 0 Å². The molecule has 0 aromatic carbocycles. The third kappa shape index (κ3) is 5.33. The van der Waals surface area contributed by atoms with Gasteiger partial charge in [0.05, 0.1) is 4.34 Å². The van der Waals surface area contributed by atoms with Gasteiger partial charge in [-0.25, -0.2) is 0 Å². The molecular weight excluding hydrogens is 338 g/mol. The Morgan fingerprint density at radius 3 is 3.00 bits per heavy atom. The van der Waals surface area contributed by atoms with Crippen molar-refractivity contribution in [2.24, 2.45) is 4.99 Å². The van der Waals surface area contributed by atoms with Crippen LogP contribution in [0.4, 0.5) is 0 Å². The molecule has 0 spiro atoms. The van der Waals surface area contributed by atoms with Crippen LogP contribution in [0.5, 0.6) is 0 Å². The molecule has 1 aromatic rings. The van der Waals surface area contributed by atoms with Gasteiger partial charge in [-0.05, 0) is 37.7 Å². The summed E-state index contributed by atoms with van der Waals surface area (Å²) in [5, 5.41) is 17.6. The first-order chi connectivity index (χ1) is 10.6. The van der Waals surface area contributed by atoms with Crippen molar-refractivity contribution in [3.8, 4) is 0 Å². The second-order valence-corrected chi connectivity index (χ2v) is 8.36. The lowest BCUT2D eigenvalue weighted by Gasteiger charge is -2.30. The molecule has 1 aliphatic rings. The van der Waals surface area contributed by atoms with Crippen LogP contribution in [-0.4, -0.2) is 42.2 Å². The zero-order valence-electron chi connectivity index (χ0n) is 13.0. The van der Waals surface area contributed by atoms with Crippen LogP contribution in [0.2, 0.25) is 4.34 Å². The molecule has 4 nitrogen and oxygen atoms in total. The molecule has 2 rings (SSSR count). The maximum absolute atomic E-state index is 10.2. The van der Waals surface area contributed by atoms with E-state index in [1.54, 1.807) is 7.05 Å². The van der Waals surface area contributed by atoms with Gasteiger partial charge >= 0.3 is 0 Å².